The summed E-state index contributed by atoms with van der Waals surface area (Å²) in [5.41, 5.74) is 8.69. The lowest BCUT2D eigenvalue weighted by molar-refractivity contribution is 0.256. The second-order valence-electron chi connectivity index (χ2n) is 6.43. The molecule has 1 aliphatic heterocycles. The van der Waals surface area contributed by atoms with Gasteiger partial charge in [-0.15, -0.1) is 24.0 Å². The van der Waals surface area contributed by atoms with Crippen LogP contribution in [-0.2, 0) is 0 Å². The number of hydrogen-bond donors (Lipinski definition) is 1. The Balaban J connectivity index is 0.00000312. The summed E-state index contributed by atoms with van der Waals surface area (Å²) in [5, 5.41) is 0. The molecule has 1 fully saturated rings. The Morgan fingerprint density at radius 2 is 1.84 bits per heavy atom. The Hall–Kier alpha value is -1.02. The van der Waals surface area contributed by atoms with Crippen molar-refractivity contribution in [2.75, 3.05) is 57.3 Å². The predicted octanol–water partition coefficient (Wildman–Crippen LogP) is 2.78. The number of anilines is 1. The summed E-state index contributed by atoms with van der Waals surface area (Å²) in [6, 6.07) is 8.80. The number of nitrogens with zero attached hydrogens (tertiary/aromatic N) is 4. The molecule has 0 aromatic heterocycles. The third-order valence-electron chi connectivity index (χ3n) is 4.73. The average molecular weight is 459 g/mol. The summed E-state index contributed by atoms with van der Waals surface area (Å²) in [4.78, 5) is 11.6. The summed E-state index contributed by atoms with van der Waals surface area (Å²) < 4.78 is 0. The fourth-order valence-corrected chi connectivity index (χ4v) is 3.19. The van der Waals surface area contributed by atoms with Crippen molar-refractivity contribution >= 4 is 35.6 Å². The number of aryl methyl sites for hydroxylation is 1. The zero-order chi connectivity index (χ0) is 17.4. The maximum absolute atomic E-state index is 6.01. The topological polar surface area (TPSA) is 48.1 Å². The largest absolute Gasteiger partial charge is 0.370 e. The molecule has 1 aliphatic rings. The number of benzene rings is 1. The summed E-state index contributed by atoms with van der Waals surface area (Å²) in [5.74, 6) is 0.685. The summed E-state index contributed by atoms with van der Waals surface area (Å²) in [6.07, 6.45) is 1.08. The van der Waals surface area contributed by atoms with E-state index < -0.39 is 0 Å². The SMILES string of the molecule is CCN(CC)C(N)=NCCCN1CCN(c2cccc(C)c2)CC1.I. The first-order valence-electron chi connectivity index (χ1n) is 9.22. The molecular formula is C19H34IN5. The van der Waals surface area contributed by atoms with Gasteiger partial charge in [0.25, 0.3) is 0 Å². The van der Waals surface area contributed by atoms with E-state index in [1.54, 1.807) is 0 Å². The number of halogens is 1. The van der Waals surface area contributed by atoms with Crippen LogP contribution in [0, 0.1) is 6.92 Å². The van der Waals surface area contributed by atoms with E-state index >= 15 is 0 Å². The van der Waals surface area contributed by atoms with Crippen LogP contribution in [0.4, 0.5) is 5.69 Å². The van der Waals surface area contributed by atoms with E-state index in [1.807, 2.05) is 0 Å². The predicted molar refractivity (Wildman–Crippen MR) is 119 cm³/mol. The van der Waals surface area contributed by atoms with E-state index in [9.17, 15) is 0 Å². The van der Waals surface area contributed by atoms with Gasteiger partial charge >= 0.3 is 0 Å². The molecule has 1 aromatic carbocycles. The quantitative estimate of drug-likeness (QED) is 0.295. The van der Waals surface area contributed by atoms with Gasteiger partial charge in [0.15, 0.2) is 5.96 Å². The number of rotatable bonds is 7. The van der Waals surface area contributed by atoms with Crippen molar-refractivity contribution in [3.8, 4) is 0 Å². The van der Waals surface area contributed by atoms with Crippen LogP contribution < -0.4 is 10.6 Å². The van der Waals surface area contributed by atoms with Gasteiger partial charge in [0.1, 0.15) is 0 Å². The lowest BCUT2D eigenvalue weighted by Crippen LogP contribution is -2.46. The van der Waals surface area contributed by atoms with Crippen molar-refractivity contribution in [2.45, 2.75) is 27.2 Å². The van der Waals surface area contributed by atoms with E-state index in [0.717, 1.165) is 58.8 Å². The van der Waals surface area contributed by atoms with Crippen molar-refractivity contribution in [1.82, 2.24) is 9.80 Å². The number of hydrogen-bond acceptors (Lipinski definition) is 3. The Bertz CT molecular complexity index is 522. The van der Waals surface area contributed by atoms with Crippen LogP contribution in [-0.4, -0.2) is 68.1 Å². The Kier molecular flexibility index (Phi) is 10.2. The van der Waals surface area contributed by atoms with Crippen molar-refractivity contribution in [1.29, 1.82) is 0 Å². The van der Waals surface area contributed by atoms with Crippen molar-refractivity contribution in [3.63, 3.8) is 0 Å². The van der Waals surface area contributed by atoms with Crippen LogP contribution in [0.3, 0.4) is 0 Å². The minimum atomic E-state index is 0. The molecule has 0 saturated carbocycles. The van der Waals surface area contributed by atoms with Crippen LogP contribution >= 0.6 is 24.0 Å². The number of guanidine groups is 1. The first kappa shape index (κ1) is 22.0. The summed E-state index contributed by atoms with van der Waals surface area (Å²) in [7, 11) is 0. The second kappa shape index (κ2) is 11.6. The molecule has 0 amide bonds. The van der Waals surface area contributed by atoms with Crippen LogP contribution in [0.25, 0.3) is 0 Å². The molecule has 0 spiro atoms. The molecule has 0 atom stereocenters. The van der Waals surface area contributed by atoms with Crippen LogP contribution in [0.15, 0.2) is 29.3 Å². The van der Waals surface area contributed by atoms with Crippen LogP contribution in [0.2, 0.25) is 0 Å². The molecule has 2 N–H and O–H groups in total. The third-order valence-corrected chi connectivity index (χ3v) is 4.73. The Morgan fingerprint density at radius 3 is 2.44 bits per heavy atom. The van der Waals surface area contributed by atoms with E-state index in [-0.39, 0.29) is 24.0 Å². The van der Waals surface area contributed by atoms with Gasteiger partial charge < -0.3 is 15.5 Å². The normalized spacial score (nSPS) is 15.8. The van der Waals surface area contributed by atoms with Gasteiger partial charge in [-0.25, -0.2) is 0 Å². The van der Waals surface area contributed by atoms with Crippen molar-refractivity contribution < 1.29 is 0 Å². The molecule has 0 bridgehead atoms. The van der Waals surface area contributed by atoms with Gasteiger partial charge in [-0.1, -0.05) is 12.1 Å². The Labute approximate surface area is 170 Å². The van der Waals surface area contributed by atoms with Gasteiger partial charge in [-0.3, -0.25) is 9.89 Å². The fourth-order valence-electron chi connectivity index (χ4n) is 3.19. The van der Waals surface area contributed by atoms with Crippen LogP contribution in [0.5, 0.6) is 0 Å². The smallest absolute Gasteiger partial charge is 0.191 e. The maximum atomic E-state index is 6.01. The van der Waals surface area contributed by atoms with E-state index in [1.165, 1.54) is 11.3 Å². The molecule has 0 unspecified atom stereocenters. The molecule has 6 heteroatoms. The highest BCUT2D eigenvalue weighted by Crippen LogP contribution is 2.17. The first-order valence-corrected chi connectivity index (χ1v) is 9.22. The molecule has 0 aliphatic carbocycles. The van der Waals surface area contributed by atoms with Crippen molar-refractivity contribution in [2.24, 2.45) is 10.7 Å². The molecule has 2 rings (SSSR count). The molecule has 142 valence electrons. The fraction of sp³-hybridized carbons (Fsp3) is 0.632. The molecule has 1 aromatic rings. The van der Waals surface area contributed by atoms with E-state index in [0.29, 0.717) is 5.96 Å². The molecular weight excluding hydrogens is 425 g/mol. The molecule has 1 heterocycles. The lowest BCUT2D eigenvalue weighted by atomic mass is 10.2. The first-order chi connectivity index (χ1) is 11.6. The monoisotopic (exact) mass is 459 g/mol. The highest BCUT2D eigenvalue weighted by atomic mass is 127. The summed E-state index contributed by atoms with van der Waals surface area (Å²) in [6.45, 7) is 14.6. The zero-order valence-corrected chi connectivity index (χ0v) is 18.3. The van der Waals surface area contributed by atoms with Crippen LogP contribution in [0.1, 0.15) is 25.8 Å². The van der Waals surface area contributed by atoms with Gasteiger partial charge in [0.05, 0.1) is 0 Å². The van der Waals surface area contributed by atoms with Crippen molar-refractivity contribution in [3.05, 3.63) is 29.8 Å². The second-order valence-corrected chi connectivity index (χ2v) is 6.43. The standard InChI is InChI=1S/C19H33N5.HI/c1-4-23(5-2)19(20)21-10-7-11-22-12-14-24(15-13-22)18-9-6-8-17(3)16-18;/h6,8-9,16H,4-5,7,10-15H2,1-3H3,(H2,20,21);1H. The Morgan fingerprint density at radius 1 is 1.16 bits per heavy atom. The van der Waals surface area contributed by atoms with Gasteiger partial charge in [0, 0.05) is 58.0 Å². The highest BCUT2D eigenvalue weighted by Gasteiger charge is 2.16. The van der Waals surface area contributed by atoms with E-state index in [4.69, 9.17) is 5.73 Å². The van der Waals surface area contributed by atoms with Gasteiger partial charge in [-0.2, -0.15) is 0 Å². The number of piperazine rings is 1. The summed E-state index contributed by atoms with van der Waals surface area (Å²) >= 11 is 0. The van der Waals surface area contributed by atoms with Gasteiger partial charge in [0.2, 0.25) is 0 Å². The molecule has 0 radical (unpaired) electrons. The molecule has 1 saturated heterocycles. The maximum Gasteiger partial charge on any atom is 0.191 e. The lowest BCUT2D eigenvalue weighted by Gasteiger charge is -2.36. The number of nitrogens with two attached hydrogens (primary N) is 1. The van der Waals surface area contributed by atoms with E-state index in [2.05, 4.69) is 64.7 Å². The minimum absolute atomic E-state index is 0. The average Bonchev–Trinajstić information content (AvgIpc) is 2.60. The highest BCUT2D eigenvalue weighted by molar-refractivity contribution is 14.0. The minimum Gasteiger partial charge on any atom is -0.370 e. The number of aliphatic imine (C=N–C) groups is 1. The third kappa shape index (κ3) is 7.01. The molecule has 5 nitrogen and oxygen atoms in total. The zero-order valence-electron chi connectivity index (χ0n) is 15.9. The van der Waals surface area contributed by atoms with Gasteiger partial charge in [-0.05, 0) is 44.9 Å². The molecule has 25 heavy (non-hydrogen) atoms.